The van der Waals surface area contributed by atoms with Crippen molar-refractivity contribution in [3.05, 3.63) is 113 Å². The minimum Gasteiger partial charge on any atom is -0.350 e. The van der Waals surface area contributed by atoms with E-state index in [2.05, 4.69) is 5.32 Å². The van der Waals surface area contributed by atoms with E-state index in [9.17, 15) is 9.59 Å². The summed E-state index contributed by atoms with van der Waals surface area (Å²) >= 11 is 0. The molecule has 0 spiro atoms. The van der Waals surface area contributed by atoms with Crippen LogP contribution in [-0.2, 0) is 9.59 Å². The van der Waals surface area contributed by atoms with E-state index in [0.717, 1.165) is 33.2 Å². The summed E-state index contributed by atoms with van der Waals surface area (Å²) in [5.41, 5.74) is 4.95. The number of amides is 2. The molecule has 5 rings (SSSR count). The van der Waals surface area contributed by atoms with Gasteiger partial charge in [0.25, 0.3) is 11.8 Å². The van der Waals surface area contributed by atoms with Gasteiger partial charge in [-0.05, 0) is 54.1 Å². The third kappa shape index (κ3) is 3.26. The van der Waals surface area contributed by atoms with Gasteiger partial charge in [0.2, 0.25) is 0 Å². The van der Waals surface area contributed by atoms with Gasteiger partial charge in [0.15, 0.2) is 0 Å². The van der Waals surface area contributed by atoms with E-state index in [-0.39, 0.29) is 17.5 Å². The van der Waals surface area contributed by atoms with Crippen molar-refractivity contribution < 1.29 is 9.59 Å². The zero-order valence-electron chi connectivity index (χ0n) is 17.9. The molecule has 0 aromatic heterocycles. The highest BCUT2D eigenvalue weighted by atomic mass is 16.2. The van der Waals surface area contributed by atoms with Crippen molar-refractivity contribution in [2.45, 2.75) is 13.8 Å². The predicted octanol–water partition coefficient (Wildman–Crippen LogP) is 5.85. The molecule has 0 saturated heterocycles. The number of hydrogen-bond donors (Lipinski definition) is 1. The number of fused-ring (bicyclic) bond motifs is 1. The number of benzene rings is 4. The van der Waals surface area contributed by atoms with Gasteiger partial charge in [-0.15, -0.1) is 0 Å². The molecule has 1 aliphatic rings. The Bertz CT molecular complexity index is 1400. The van der Waals surface area contributed by atoms with Gasteiger partial charge in [0.1, 0.15) is 5.70 Å². The number of para-hydroxylation sites is 1. The monoisotopic (exact) mass is 418 g/mol. The van der Waals surface area contributed by atoms with Gasteiger partial charge in [-0.2, -0.15) is 0 Å². The van der Waals surface area contributed by atoms with Gasteiger partial charge in [0.05, 0.1) is 11.3 Å². The molecule has 1 heterocycles. The molecule has 156 valence electrons. The van der Waals surface area contributed by atoms with E-state index in [1.165, 1.54) is 4.90 Å². The van der Waals surface area contributed by atoms with Gasteiger partial charge in [-0.3, -0.25) is 9.59 Å². The molecule has 2 amide bonds. The molecular formula is C28H22N2O2. The first-order chi connectivity index (χ1) is 15.5. The Hall–Kier alpha value is -4.18. The number of anilines is 2. The zero-order chi connectivity index (χ0) is 22.2. The third-order valence-electron chi connectivity index (χ3n) is 5.93. The molecule has 1 N–H and O–H groups in total. The van der Waals surface area contributed by atoms with Crippen molar-refractivity contribution in [3.63, 3.8) is 0 Å². The quantitative estimate of drug-likeness (QED) is 0.423. The molecule has 0 aliphatic carbocycles. The lowest BCUT2D eigenvalue weighted by molar-refractivity contribution is -0.120. The van der Waals surface area contributed by atoms with Crippen molar-refractivity contribution in [3.8, 4) is 0 Å². The number of rotatable bonds is 4. The van der Waals surface area contributed by atoms with Gasteiger partial charge >= 0.3 is 0 Å². The topological polar surface area (TPSA) is 49.4 Å². The Kier molecular flexibility index (Phi) is 4.83. The maximum atomic E-state index is 13.8. The Morgan fingerprint density at radius 2 is 1.41 bits per heavy atom. The number of nitrogens with zero attached hydrogens (tertiary/aromatic N) is 1. The van der Waals surface area contributed by atoms with E-state index in [1.54, 1.807) is 0 Å². The lowest BCUT2D eigenvalue weighted by atomic mass is 9.99. The van der Waals surface area contributed by atoms with Crippen LogP contribution in [0.4, 0.5) is 11.4 Å². The molecule has 0 radical (unpaired) electrons. The van der Waals surface area contributed by atoms with Crippen molar-refractivity contribution in [1.82, 2.24) is 0 Å². The number of aryl methyl sites for hydroxylation is 2. The predicted molar refractivity (Wildman–Crippen MR) is 129 cm³/mol. The highest BCUT2D eigenvalue weighted by Gasteiger charge is 2.40. The number of nitrogens with one attached hydrogen (secondary N) is 1. The van der Waals surface area contributed by atoms with Crippen LogP contribution in [0.15, 0.2) is 96.7 Å². The van der Waals surface area contributed by atoms with Crippen molar-refractivity contribution >= 4 is 39.5 Å². The second-order valence-electron chi connectivity index (χ2n) is 7.98. The second-order valence-corrected chi connectivity index (χ2v) is 7.98. The molecule has 4 heteroatoms. The Labute approximate surface area is 186 Å². The van der Waals surface area contributed by atoms with Crippen LogP contribution in [0, 0.1) is 13.8 Å². The van der Waals surface area contributed by atoms with Crippen LogP contribution >= 0.6 is 0 Å². The minimum atomic E-state index is -0.358. The Morgan fingerprint density at radius 3 is 2.19 bits per heavy atom. The summed E-state index contributed by atoms with van der Waals surface area (Å²) in [5, 5.41) is 5.05. The highest BCUT2D eigenvalue weighted by molar-refractivity contribution is 6.47. The van der Waals surface area contributed by atoms with Crippen LogP contribution < -0.4 is 10.2 Å². The van der Waals surface area contributed by atoms with E-state index < -0.39 is 0 Å². The second kappa shape index (κ2) is 7.82. The smallest absolute Gasteiger partial charge is 0.282 e. The molecular weight excluding hydrogens is 396 g/mol. The molecule has 0 bridgehead atoms. The fourth-order valence-corrected chi connectivity index (χ4v) is 4.10. The largest absolute Gasteiger partial charge is 0.350 e. The molecule has 0 saturated carbocycles. The number of imide groups is 1. The summed E-state index contributed by atoms with van der Waals surface area (Å²) in [6.45, 7) is 4.04. The van der Waals surface area contributed by atoms with Crippen LogP contribution in [-0.4, -0.2) is 11.8 Å². The fourth-order valence-electron chi connectivity index (χ4n) is 4.10. The summed E-state index contributed by atoms with van der Waals surface area (Å²) in [4.78, 5) is 28.7. The molecule has 32 heavy (non-hydrogen) atoms. The van der Waals surface area contributed by atoms with Gasteiger partial charge < -0.3 is 5.32 Å². The Morgan fingerprint density at radius 1 is 0.688 bits per heavy atom. The van der Waals surface area contributed by atoms with Crippen molar-refractivity contribution in [2.75, 3.05) is 10.2 Å². The SMILES string of the molecule is Cc1ccc(C2=C(Nc3ccccc3)C(=O)N(c3cccc4ccccc34)C2=O)cc1C. The summed E-state index contributed by atoms with van der Waals surface area (Å²) in [5.74, 6) is -0.684. The molecule has 0 atom stereocenters. The van der Waals surface area contributed by atoms with Crippen LogP contribution in [0.25, 0.3) is 16.3 Å². The summed E-state index contributed by atoms with van der Waals surface area (Å²) in [6, 6.07) is 28.7. The minimum absolute atomic E-state index is 0.289. The number of carbonyl (C=O) groups excluding carboxylic acids is 2. The maximum absolute atomic E-state index is 13.8. The van der Waals surface area contributed by atoms with Gasteiger partial charge in [0, 0.05) is 11.1 Å². The fraction of sp³-hybridized carbons (Fsp3) is 0.0714. The highest BCUT2D eigenvalue weighted by Crippen LogP contribution is 2.37. The first kappa shape index (κ1) is 19.8. The van der Waals surface area contributed by atoms with Crippen LogP contribution in [0.2, 0.25) is 0 Å². The summed E-state index contributed by atoms with van der Waals surface area (Å²) < 4.78 is 0. The van der Waals surface area contributed by atoms with E-state index >= 15 is 0 Å². The standard InChI is InChI=1S/C28H22N2O2/c1-18-15-16-21(17-19(18)2)25-26(29-22-11-4-3-5-12-22)28(32)30(27(25)31)24-14-8-10-20-9-6-7-13-23(20)24/h3-17,29H,1-2H3. The normalized spacial score (nSPS) is 13.9. The first-order valence-electron chi connectivity index (χ1n) is 10.5. The van der Waals surface area contributed by atoms with Crippen molar-refractivity contribution in [2.24, 2.45) is 0 Å². The van der Waals surface area contributed by atoms with Gasteiger partial charge in [-0.25, -0.2) is 4.90 Å². The maximum Gasteiger partial charge on any atom is 0.282 e. The number of carbonyl (C=O) groups is 2. The molecule has 4 aromatic rings. The average Bonchev–Trinajstić information content (AvgIpc) is 3.05. The van der Waals surface area contributed by atoms with E-state index in [0.29, 0.717) is 11.3 Å². The number of hydrogen-bond acceptors (Lipinski definition) is 3. The average molecular weight is 418 g/mol. The van der Waals surface area contributed by atoms with Crippen molar-refractivity contribution in [1.29, 1.82) is 0 Å². The summed E-state index contributed by atoms with van der Waals surface area (Å²) in [7, 11) is 0. The molecule has 4 nitrogen and oxygen atoms in total. The molecule has 4 aromatic carbocycles. The van der Waals surface area contributed by atoms with Crippen LogP contribution in [0.3, 0.4) is 0 Å². The van der Waals surface area contributed by atoms with Crippen LogP contribution in [0.5, 0.6) is 0 Å². The van der Waals surface area contributed by atoms with Gasteiger partial charge in [-0.1, -0.05) is 72.8 Å². The van der Waals surface area contributed by atoms with E-state index in [4.69, 9.17) is 0 Å². The third-order valence-corrected chi connectivity index (χ3v) is 5.93. The lowest BCUT2D eigenvalue weighted by Gasteiger charge is -2.18. The Balaban J connectivity index is 1.68. The lowest BCUT2D eigenvalue weighted by Crippen LogP contribution is -2.32. The van der Waals surface area contributed by atoms with E-state index in [1.807, 2.05) is 105 Å². The molecule has 0 fully saturated rings. The zero-order valence-corrected chi connectivity index (χ0v) is 17.9. The summed E-state index contributed by atoms with van der Waals surface area (Å²) in [6.07, 6.45) is 0. The molecule has 1 aliphatic heterocycles. The van der Waals surface area contributed by atoms with Crippen LogP contribution in [0.1, 0.15) is 16.7 Å². The molecule has 0 unspecified atom stereocenters. The first-order valence-corrected chi connectivity index (χ1v) is 10.5.